The van der Waals surface area contributed by atoms with Gasteiger partial charge in [-0.2, -0.15) is 5.26 Å². The summed E-state index contributed by atoms with van der Waals surface area (Å²) >= 11 is 0. The summed E-state index contributed by atoms with van der Waals surface area (Å²) in [4.78, 5) is 11.7. The van der Waals surface area contributed by atoms with Gasteiger partial charge in [0, 0.05) is 5.69 Å². The van der Waals surface area contributed by atoms with Crippen LogP contribution in [0, 0.1) is 11.3 Å². The molecule has 1 amide bonds. The van der Waals surface area contributed by atoms with Crippen molar-refractivity contribution in [1.29, 1.82) is 5.26 Å². The van der Waals surface area contributed by atoms with Gasteiger partial charge in [0.25, 0.3) is 0 Å². The first-order valence-electron chi connectivity index (χ1n) is 5.62. The fourth-order valence-electron chi connectivity index (χ4n) is 1.35. The molecule has 1 aromatic carbocycles. The minimum absolute atomic E-state index is 0.107. The number of ether oxygens (including phenoxy) is 1. The molecule has 0 aliphatic heterocycles. The molecule has 19 heavy (non-hydrogen) atoms. The third-order valence-electron chi connectivity index (χ3n) is 2.17. The average molecular weight is 281 g/mol. The molecular formula is C12H15N3O3S. The Hall–Kier alpha value is -2.07. The molecule has 0 fully saturated rings. The van der Waals surface area contributed by atoms with Gasteiger partial charge in [0.05, 0.1) is 28.4 Å². The zero-order chi connectivity index (χ0) is 14.3. The summed E-state index contributed by atoms with van der Waals surface area (Å²) < 4.78 is 17.3. The van der Waals surface area contributed by atoms with Crippen molar-refractivity contribution in [2.24, 2.45) is 0 Å². The molecule has 0 aliphatic rings. The second-order valence-corrected chi connectivity index (χ2v) is 4.98. The van der Waals surface area contributed by atoms with Gasteiger partial charge in [-0.1, -0.05) is 0 Å². The Morgan fingerprint density at radius 1 is 1.58 bits per heavy atom. The second kappa shape index (κ2) is 7.38. The highest BCUT2D eigenvalue weighted by molar-refractivity contribution is 7.86. The number of nitriles is 1. The first kappa shape index (κ1) is 15.0. The molecule has 0 aromatic heterocycles. The summed E-state index contributed by atoms with van der Waals surface area (Å²) in [5, 5.41) is 10.7. The van der Waals surface area contributed by atoms with Crippen LogP contribution >= 0.6 is 0 Å². The van der Waals surface area contributed by atoms with Crippen LogP contribution in [0.4, 0.5) is 5.69 Å². The monoisotopic (exact) mass is 281 g/mol. The molecule has 102 valence electrons. The lowest BCUT2D eigenvalue weighted by Gasteiger charge is -2.09. The van der Waals surface area contributed by atoms with E-state index in [0.29, 0.717) is 22.9 Å². The molecule has 1 atom stereocenters. The highest BCUT2D eigenvalue weighted by Gasteiger charge is 2.13. The summed E-state index contributed by atoms with van der Waals surface area (Å²) in [5.41, 5.74) is 6.07. The van der Waals surface area contributed by atoms with Gasteiger partial charge < -0.3 is 15.8 Å². The Bertz CT molecular complexity index is 525. The number of nitrogen functional groups attached to an aromatic ring is 1. The van der Waals surface area contributed by atoms with Gasteiger partial charge in [0.1, 0.15) is 18.0 Å². The van der Waals surface area contributed by atoms with Crippen LogP contribution < -0.4 is 15.8 Å². The summed E-state index contributed by atoms with van der Waals surface area (Å²) in [5.74, 6) is -0.139. The first-order chi connectivity index (χ1) is 9.08. The Labute approximate surface area is 114 Å². The number of nitrogens with one attached hydrogen (secondary N) is 1. The maximum atomic E-state index is 12.0. The number of benzene rings is 1. The van der Waals surface area contributed by atoms with E-state index >= 15 is 0 Å². The van der Waals surface area contributed by atoms with Crippen LogP contribution in [-0.2, 0) is 15.6 Å². The van der Waals surface area contributed by atoms with Crippen molar-refractivity contribution in [3.05, 3.63) is 18.2 Å². The van der Waals surface area contributed by atoms with Crippen LogP contribution in [0.5, 0.6) is 5.75 Å². The van der Waals surface area contributed by atoms with Crippen LogP contribution in [0.25, 0.3) is 0 Å². The molecule has 0 aliphatic carbocycles. The van der Waals surface area contributed by atoms with E-state index in [1.165, 1.54) is 0 Å². The standard InChI is InChI=1S/C12H15N3O3S/c1-2-18-9-3-4-10(14)11(7-9)19(17)8-12(16)15-6-5-13/h3-4,7H,2,6,8,14H2,1H3,(H,15,16). The molecule has 1 aromatic rings. The molecule has 0 heterocycles. The molecular weight excluding hydrogens is 266 g/mol. The van der Waals surface area contributed by atoms with E-state index in [-0.39, 0.29) is 12.3 Å². The molecule has 6 nitrogen and oxygen atoms in total. The van der Waals surface area contributed by atoms with E-state index in [0.717, 1.165) is 0 Å². The van der Waals surface area contributed by atoms with E-state index in [1.807, 2.05) is 6.92 Å². The van der Waals surface area contributed by atoms with Crippen molar-refractivity contribution in [1.82, 2.24) is 5.32 Å². The Kier molecular flexibility index (Phi) is 5.82. The lowest BCUT2D eigenvalue weighted by atomic mass is 10.3. The Morgan fingerprint density at radius 2 is 2.32 bits per heavy atom. The lowest BCUT2D eigenvalue weighted by molar-refractivity contribution is -0.118. The molecule has 0 saturated carbocycles. The fourth-order valence-corrected chi connectivity index (χ4v) is 2.43. The van der Waals surface area contributed by atoms with E-state index in [9.17, 15) is 9.00 Å². The van der Waals surface area contributed by atoms with E-state index in [1.54, 1.807) is 24.3 Å². The van der Waals surface area contributed by atoms with Crippen molar-refractivity contribution >= 4 is 22.4 Å². The smallest absolute Gasteiger partial charge is 0.233 e. The zero-order valence-electron chi connectivity index (χ0n) is 10.5. The highest BCUT2D eigenvalue weighted by Crippen LogP contribution is 2.23. The summed E-state index contributed by atoms with van der Waals surface area (Å²) in [6.45, 7) is 2.21. The lowest BCUT2D eigenvalue weighted by Crippen LogP contribution is -2.28. The van der Waals surface area contributed by atoms with Crippen molar-refractivity contribution in [2.45, 2.75) is 11.8 Å². The highest BCUT2D eigenvalue weighted by atomic mass is 32.2. The number of anilines is 1. The minimum Gasteiger partial charge on any atom is -0.494 e. The van der Waals surface area contributed by atoms with Crippen LogP contribution in [0.15, 0.2) is 23.1 Å². The van der Waals surface area contributed by atoms with Crippen LogP contribution in [-0.4, -0.2) is 29.0 Å². The van der Waals surface area contributed by atoms with Gasteiger partial charge in [-0.05, 0) is 25.1 Å². The molecule has 0 radical (unpaired) electrons. The number of nitrogens with two attached hydrogens (primary N) is 1. The Morgan fingerprint density at radius 3 is 2.95 bits per heavy atom. The van der Waals surface area contributed by atoms with Gasteiger partial charge in [0.15, 0.2) is 0 Å². The maximum Gasteiger partial charge on any atom is 0.233 e. The first-order valence-corrected chi connectivity index (χ1v) is 6.94. The maximum absolute atomic E-state index is 12.0. The van der Waals surface area contributed by atoms with E-state index < -0.39 is 16.7 Å². The average Bonchev–Trinajstić information content (AvgIpc) is 2.38. The molecule has 0 spiro atoms. The number of rotatable bonds is 6. The predicted molar refractivity (Wildman–Crippen MR) is 71.9 cm³/mol. The summed E-state index contributed by atoms with van der Waals surface area (Å²) in [7, 11) is -1.57. The van der Waals surface area contributed by atoms with Crippen LogP contribution in [0.2, 0.25) is 0 Å². The van der Waals surface area contributed by atoms with Gasteiger partial charge in [-0.25, -0.2) is 0 Å². The largest absolute Gasteiger partial charge is 0.494 e. The molecule has 1 unspecified atom stereocenters. The van der Waals surface area contributed by atoms with Gasteiger partial charge in [-0.3, -0.25) is 9.00 Å². The van der Waals surface area contributed by atoms with Crippen molar-refractivity contribution < 1.29 is 13.7 Å². The zero-order valence-corrected chi connectivity index (χ0v) is 11.3. The Balaban J connectivity index is 2.78. The fraction of sp³-hybridized carbons (Fsp3) is 0.333. The second-order valence-electron chi connectivity index (χ2n) is 3.56. The summed E-state index contributed by atoms with van der Waals surface area (Å²) in [6.07, 6.45) is 0. The quantitative estimate of drug-likeness (QED) is 0.580. The number of carbonyl (C=O) groups excluding carboxylic acids is 1. The number of hydrogen-bond acceptors (Lipinski definition) is 5. The molecule has 0 bridgehead atoms. The number of hydrogen-bond donors (Lipinski definition) is 2. The molecule has 1 rings (SSSR count). The van der Waals surface area contributed by atoms with Gasteiger partial charge >= 0.3 is 0 Å². The molecule has 0 saturated heterocycles. The minimum atomic E-state index is -1.57. The number of carbonyl (C=O) groups is 1. The van der Waals surface area contributed by atoms with Crippen molar-refractivity contribution in [3.63, 3.8) is 0 Å². The number of nitrogens with zero attached hydrogens (tertiary/aromatic N) is 1. The summed E-state index contributed by atoms with van der Waals surface area (Å²) in [6, 6.07) is 6.60. The van der Waals surface area contributed by atoms with Crippen molar-refractivity contribution in [2.75, 3.05) is 24.6 Å². The SMILES string of the molecule is CCOc1ccc(N)c(S(=O)CC(=O)NCC#N)c1. The van der Waals surface area contributed by atoms with Crippen LogP contribution in [0.1, 0.15) is 6.92 Å². The predicted octanol–water partition coefficient (Wildman–Crippen LogP) is 0.415. The van der Waals surface area contributed by atoms with Crippen molar-refractivity contribution in [3.8, 4) is 11.8 Å². The molecule has 3 N–H and O–H groups in total. The normalized spacial score (nSPS) is 11.4. The van der Waals surface area contributed by atoms with Gasteiger partial charge in [0.2, 0.25) is 5.91 Å². The topological polar surface area (TPSA) is 105 Å². The number of amides is 1. The van der Waals surface area contributed by atoms with Gasteiger partial charge in [-0.15, -0.1) is 0 Å². The van der Waals surface area contributed by atoms with E-state index in [2.05, 4.69) is 5.32 Å². The third kappa shape index (κ3) is 4.60. The third-order valence-corrected chi connectivity index (χ3v) is 3.54. The van der Waals surface area contributed by atoms with E-state index in [4.69, 9.17) is 15.7 Å². The van der Waals surface area contributed by atoms with Crippen LogP contribution in [0.3, 0.4) is 0 Å². The molecule has 7 heteroatoms.